The van der Waals surface area contributed by atoms with Crippen LogP contribution in [0.2, 0.25) is 0 Å². The molecule has 0 bridgehead atoms. The van der Waals surface area contributed by atoms with Crippen LogP contribution in [0.25, 0.3) is 0 Å². The second kappa shape index (κ2) is 8.45. The second-order valence-electron chi connectivity index (χ2n) is 6.79. The SMILES string of the molecule is COc1cc(I)c(C(=O)N2CCN(C(=O)C3CCCC3)CC2)cc1OC. The van der Waals surface area contributed by atoms with Crippen LogP contribution in [0.5, 0.6) is 11.5 Å². The largest absolute Gasteiger partial charge is 0.493 e. The van der Waals surface area contributed by atoms with Crippen LogP contribution >= 0.6 is 22.6 Å². The number of nitrogens with zero attached hydrogens (tertiary/aromatic N) is 2. The fourth-order valence-corrected chi connectivity index (χ4v) is 4.42. The molecule has 6 nitrogen and oxygen atoms in total. The summed E-state index contributed by atoms with van der Waals surface area (Å²) in [4.78, 5) is 29.2. The van der Waals surface area contributed by atoms with E-state index in [0.717, 1.165) is 29.3 Å². The lowest BCUT2D eigenvalue weighted by atomic mass is 10.1. The molecule has 2 amide bonds. The Kier molecular flexibility index (Phi) is 6.26. The molecule has 1 saturated heterocycles. The average Bonchev–Trinajstić information content (AvgIpc) is 3.21. The van der Waals surface area contributed by atoms with Crippen LogP contribution in [0.15, 0.2) is 12.1 Å². The molecule has 0 radical (unpaired) electrons. The maximum absolute atomic E-state index is 12.9. The van der Waals surface area contributed by atoms with Crippen LogP contribution < -0.4 is 9.47 Å². The van der Waals surface area contributed by atoms with E-state index in [1.165, 1.54) is 0 Å². The van der Waals surface area contributed by atoms with Crippen molar-refractivity contribution in [1.82, 2.24) is 9.80 Å². The Balaban J connectivity index is 1.66. The van der Waals surface area contributed by atoms with Gasteiger partial charge in [0.05, 0.1) is 19.8 Å². The third-order valence-electron chi connectivity index (χ3n) is 5.29. The van der Waals surface area contributed by atoms with Gasteiger partial charge in [0, 0.05) is 35.7 Å². The van der Waals surface area contributed by atoms with E-state index in [1.807, 2.05) is 15.9 Å². The van der Waals surface area contributed by atoms with Gasteiger partial charge < -0.3 is 19.3 Å². The summed E-state index contributed by atoms with van der Waals surface area (Å²) in [5.74, 6) is 1.61. The minimum Gasteiger partial charge on any atom is -0.493 e. The quantitative estimate of drug-likeness (QED) is 0.633. The molecule has 0 unspecified atom stereocenters. The van der Waals surface area contributed by atoms with Crippen molar-refractivity contribution in [2.45, 2.75) is 25.7 Å². The summed E-state index contributed by atoms with van der Waals surface area (Å²) in [6, 6.07) is 3.55. The standard InChI is InChI=1S/C19H25IN2O4/c1-25-16-11-14(15(20)12-17(16)26-2)19(24)22-9-7-21(8-10-22)18(23)13-5-3-4-6-13/h11-13H,3-10H2,1-2H3. The number of carbonyl (C=O) groups is 2. The van der Waals surface area contributed by atoms with E-state index in [2.05, 4.69) is 22.6 Å². The molecule has 2 fully saturated rings. The molecule has 1 aromatic carbocycles. The molecule has 0 aromatic heterocycles. The normalized spacial score (nSPS) is 18.1. The molecular weight excluding hydrogens is 447 g/mol. The van der Waals surface area contributed by atoms with Crippen molar-refractivity contribution >= 4 is 34.4 Å². The van der Waals surface area contributed by atoms with Crippen molar-refractivity contribution in [3.8, 4) is 11.5 Å². The predicted octanol–water partition coefficient (Wildman–Crippen LogP) is 2.78. The number of rotatable bonds is 4. The first-order chi connectivity index (χ1) is 12.5. The minimum atomic E-state index is -0.0247. The highest BCUT2D eigenvalue weighted by Gasteiger charge is 2.31. The van der Waals surface area contributed by atoms with Crippen molar-refractivity contribution in [2.24, 2.45) is 5.92 Å². The van der Waals surface area contributed by atoms with E-state index in [4.69, 9.17) is 9.47 Å². The van der Waals surface area contributed by atoms with Crippen molar-refractivity contribution in [2.75, 3.05) is 40.4 Å². The van der Waals surface area contributed by atoms with E-state index in [1.54, 1.807) is 20.3 Å². The second-order valence-corrected chi connectivity index (χ2v) is 7.95. The van der Waals surface area contributed by atoms with E-state index in [-0.39, 0.29) is 17.7 Å². The van der Waals surface area contributed by atoms with Crippen molar-refractivity contribution < 1.29 is 19.1 Å². The maximum atomic E-state index is 12.9. The Bertz CT molecular complexity index is 680. The van der Waals surface area contributed by atoms with Gasteiger partial charge in [-0.1, -0.05) is 12.8 Å². The van der Waals surface area contributed by atoms with Gasteiger partial charge in [-0.05, 0) is 47.6 Å². The van der Waals surface area contributed by atoms with Gasteiger partial charge in [0.2, 0.25) is 5.91 Å². The first kappa shape index (κ1) is 19.3. The number of benzene rings is 1. The first-order valence-corrected chi connectivity index (χ1v) is 10.1. The molecule has 2 aliphatic rings. The predicted molar refractivity (Wildman–Crippen MR) is 107 cm³/mol. The Morgan fingerprint density at radius 1 is 0.962 bits per heavy atom. The Hall–Kier alpha value is -1.51. The highest BCUT2D eigenvalue weighted by molar-refractivity contribution is 14.1. The van der Waals surface area contributed by atoms with E-state index in [9.17, 15) is 9.59 Å². The van der Waals surface area contributed by atoms with Gasteiger partial charge in [0.1, 0.15) is 0 Å². The first-order valence-electron chi connectivity index (χ1n) is 9.04. The number of piperazine rings is 1. The van der Waals surface area contributed by atoms with Gasteiger partial charge in [-0.2, -0.15) is 0 Å². The maximum Gasteiger partial charge on any atom is 0.255 e. The third kappa shape index (κ3) is 3.92. The van der Waals surface area contributed by atoms with Crippen LogP contribution in [0, 0.1) is 9.49 Å². The zero-order valence-electron chi connectivity index (χ0n) is 15.3. The summed E-state index contributed by atoms with van der Waals surface area (Å²) in [6.45, 7) is 2.37. The van der Waals surface area contributed by atoms with Crippen LogP contribution in [0.1, 0.15) is 36.0 Å². The van der Waals surface area contributed by atoms with Gasteiger partial charge in [-0.25, -0.2) is 0 Å². The lowest BCUT2D eigenvalue weighted by molar-refractivity contribution is -0.136. The molecule has 0 atom stereocenters. The van der Waals surface area contributed by atoms with Gasteiger partial charge in [-0.3, -0.25) is 9.59 Å². The van der Waals surface area contributed by atoms with Crippen molar-refractivity contribution in [1.29, 1.82) is 0 Å². The number of carbonyl (C=O) groups excluding carboxylic acids is 2. The van der Waals surface area contributed by atoms with Gasteiger partial charge in [-0.15, -0.1) is 0 Å². The molecule has 3 rings (SSSR count). The summed E-state index contributed by atoms with van der Waals surface area (Å²) in [5.41, 5.74) is 0.610. The van der Waals surface area contributed by atoms with Gasteiger partial charge >= 0.3 is 0 Å². The van der Waals surface area contributed by atoms with Crippen LogP contribution in [0.4, 0.5) is 0 Å². The summed E-state index contributed by atoms with van der Waals surface area (Å²) in [5, 5.41) is 0. The van der Waals surface area contributed by atoms with Crippen LogP contribution in [-0.2, 0) is 4.79 Å². The minimum absolute atomic E-state index is 0.0247. The lowest BCUT2D eigenvalue weighted by Crippen LogP contribution is -2.51. The lowest BCUT2D eigenvalue weighted by Gasteiger charge is -2.36. The highest BCUT2D eigenvalue weighted by Crippen LogP contribution is 2.32. The van der Waals surface area contributed by atoms with Crippen molar-refractivity contribution in [3.05, 3.63) is 21.3 Å². The molecule has 0 spiro atoms. The average molecular weight is 472 g/mol. The van der Waals surface area contributed by atoms with Crippen LogP contribution in [0.3, 0.4) is 0 Å². The Morgan fingerprint density at radius 3 is 2.08 bits per heavy atom. The molecule has 1 aliphatic heterocycles. The molecule has 7 heteroatoms. The monoisotopic (exact) mass is 472 g/mol. The summed E-state index contributed by atoms with van der Waals surface area (Å²) in [7, 11) is 3.14. The third-order valence-corrected chi connectivity index (χ3v) is 6.18. The van der Waals surface area contributed by atoms with Crippen LogP contribution in [-0.4, -0.2) is 62.0 Å². The molecule has 0 N–H and O–H groups in total. The molecule has 26 heavy (non-hydrogen) atoms. The number of methoxy groups -OCH3 is 2. The molecule has 1 aromatic rings. The zero-order valence-corrected chi connectivity index (χ0v) is 17.5. The summed E-state index contributed by atoms with van der Waals surface area (Å²) in [6.07, 6.45) is 4.35. The van der Waals surface area contributed by atoms with E-state index in [0.29, 0.717) is 43.2 Å². The number of ether oxygens (including phenoxy) is 2. The highest BCUT2D eigenvalue weighted by atomic mass is 127. The van der Waals surface area contributed by atoms with Gasteiger partial charge in [0.25, 0.3) is 5.91 Å². The van der Waals surface area contributed by atoms with Gasteiger partial charge in [0.15, 0.2) is 11.5 Å². The number of halogens is 1. The van der Waals surface area contributed by atoms with Crippen molar-refractivity contribution in [3.63, 3.8) is 0 Å². The molecular formula is C19H25IN2O4. The molecule has 1 aliphatic carbocycles. The van der Waals surface area contributed by atoms with E-state index >= 15 is 0 Å². The van der Waals surface area contributed by atoms with E-state index < -0.39 is 0 Å². The zero-order chi connectivity index (χ0) is 18.7. The Morgan fingerprint density at radius 2 is 1.50 bits per heavy atom. The fourth-order valence-electron chi connectivity index (χ4n) is 3.75. The topological polar surface area (TPSA) is 59.1 Å². The molecule has 142 valence electrons. The number of amides is 2. The summed E-state index contributed by atoms with van der Waals surface area (Å²) < 4.78 is 11.4. The number of hydrogen-bond donors (Lipinski definition) is 0. The smallest absolute Gasteiger partial charge is 0.255 e. The fraction of sp³-hybridized carbons (Fsp3) is 0.579. The Labute approximate surface area is 167 Å². The molecule has 1 saturated carbocycles. The molecule has 1 heterocycles. The summed E-state index contributed by atoms with van der Waals surface area (Å²) >= 11 is 2.15. The number of hydrogen-bond acceptors (Lipinski definition) is 4.